The lowest BCUT2D eigenvalue weighted by molar-refractivity contribution is 0.0730. The third kappa shape index (κ3) is 10.8. The van der Waals surface area contributed by atoms with Crippen LogP contribution < -0.4 is 18.9 Å². The van der Waals surface area contributed by atoms with Crippen molar-refractivity contribution in [3.05, 3.63) is 83.9 Å². The maximum Gasteiger partial charge on any atom is 0.343 e. The first-order chi connectivity index (χ1) is 19.1. The monoisotopic (exact) mass is 532 g/mol. The molecule has 6 nitrogen and oxygen atoms in total. The summed E-state index contributed by atoms with van der Waals surface area (Å²) in [4.78, 5) is 25.1. The molecule has 0 N–H and O–H groups in total. The third-order valence-electron chi connectivity index (χ3n) is 6.19. The average molecular weight is 533 g/mol. The number of hydrogen-bond donors (Lipinski definition) is 0. The first-order valence-electron chi connectivity index (χ1n) is 14.1. The molecule has 0 heterocycles. The number of ether oxygens (including phenoxy) is 4. The number of hydrogen-bond acceptors (Lipinski definition) is 6. The Morgan fingerprint density at radius 3 is 1.67 bits per heavy atom. The van der Waals surface area contributed by atoms with Crippen LogP contribution in [0.2, 0.25) is 0 Å². The van der Waals surface area contributed by atoms with Crippen molar-refractivity contribution < 1.29 is 28.5 Å². The Balaban J connectivity index is 1.44. The van der Waals surface area contributed by atoms with Gasteiger partial charge >= 0.3 is 11.9 Å². The summed E-state index contributed by atoms with van der Waals surface area (Å²) in [6.07, 6.45) is 10.5. The molecule has 0 aliphatic carbocycles. The van der Waals surface area contributed by atoms with Crippen LogP contribution >= 0.6 is 0 Å². The van der Waals surface area contributed by atoms with Gasteiger partial charge in [-0.25, -0.2) is 9.59 Å². The molecule has 3 aromatic rings. The number of unbranched alkanes of at least 4 members (excludes halogenated alkanes) is 7. The number of esters is 2. The highest BCUT2D eigenvalue weighted by Crippen LogP contribution is 2.21. The van der Waals surface area contributed by atoms with Crippen LogP contribution in [0.3, 0.4) is 0 Å². The van der Waals surface area contributed by atoms with E-state index in [1.54, 1.807) is 66.7 Å². The Kier molecular flexibility index (Phi) is 12.9. The van der Waals surface area contributed by atoms with E-state index in [4.69, 9.17) is 18.9 Å². The Morgan fingerprint density at radius 2 is 1.00 bits per heavy atom. The Morgan fingerprint density at radius 1 is 0.513 bits per heavy atom. The minimum absolute atomic E-state index is 0.331. The molecule has 0 aromatic heterocycles. The van der Waals surface area contributed by atoms with Crippen LogP contribution in [0, 0.1) is 0 Å². The second kappa shape index (κ2) is 16.9. The standard InChI is InChI=1S/C33H40O6/c1-3-5-7-8-9-11-24-36-28-19-21-30(22-20-28)38-32(34)26-15-17-29(18-16-26)39-33(35)27-13-12-14-31(25-27)37-23-10-6-4-2/h12-22,25H,3-11,23-24H2,1-2H3. The molecule has 0 saturated heterocycles. The van der Waals surface area contributed by atoms with Crippen LogP contribution in [-0.2, 0) is 0 Å². The highest BCUT2D eigenvalue weighted by atomic mass is 16.5. The van der Waals surface area contributed by atoms with Gasteiger partial charge in [0.2, 0.25) is 0 Å². The molecule has 3 rings (SSSR count). The predicted molar refractivity (Wildman–Crippen MR) is 153 cm³/mol. The molecule has 0 fully saturated rings. The zero-order valence-electron chi connectivity index (χ0n) is 23.2. The molecule has 0 saturated carbocycles. The minimum atomic E-state index is -0.499. The lowest BCUT2D eigenvalue weighted by Gasteiger charge is -2.09. The molecule has 0 aliphatic rings. The van der Waals surface area contributed by atoms with E-state index in [9.17, 15) is 9.59 Å². The zero-order valence-corrected chi connectivity index (χ0v) is 23.2. The summed E-state index contributed by atoms with van der Waals surface area (Å²) < 4.78 is 22.4. The first kappa shape index (κ1) is 29.8. The molecular weight excluding hydrogens is 492 g/mol. The second-order valence-electron chi connectivity index (χ2n) is 9.47. The summed E-state index contributed by atoms with van der Waals surface area (Å²) in [6.45, 7) is 5.65. The van der Waals surface area contributed by atoms with Gasteiger partial charge in [-0.05, 0) is 79.6 Å². The second-order valence-corrected chi connectivity index (χ2v) is 9.47. The average Bonchev–Trinajstić information content (AvgIpc) is 2.96. The molecule has 6 heteroatoms. The maximum absolute atomic E-state index is 12.6. The highest BCUT2D eigenvalue weighted by Gasteiger charge is 2.13. The van der Waals surface area contributed by atoms with Gasteiger partial charge < -0.3 is 18.9 Å². The third-order valence-corrected chi connectivity index (χ3v) is 6.19. The molecule has 0 radical (unpaired) electrons. The summed E-state index contributed by atoms with van der Waals surface area (Å²) in [6, 6.07) is 20.2. The van der Waals surface area contributed by atoms with E-state index in [0.29, 0.717) is 41.6 Å². The van der Waals surface area contributed by atoms with Crippen molar-refractivity contribution in [2.24, 2.45) is 0 Å². The van der Waals surface area contributed by atoms with E-state index in [1.807, 2.05) is 6.07 Å². The fourth-order valence-electron chi connectivity index (χ4n) is 3.92. The van der Waals surface area contributed by atoms with Crippen molar-refractivity contribution in [3.8, 4) is 23.0 Å². The summed E-state index contributed by atoms with van der Waals surface area (Å²) >= 11 is 0. The summed E-state index contributed by atoms with van der Waals surface area (Å²) in [5, 5.41) is 0. The number of carbonyl (C=O) groups excluding carboxylic acids is 2. The molecule has 0 spiro atoms. The Hall–Kier alpha value is -3.80. The van der Waals surface area contributed by atoms with Crippen LogP contribution in [-0.4, -0.2) is 25.2 Å². The molecule has 0 atom stereocenters. The van der Waals surface area contributed by atoms with Gasteiger partial charge in [0.15, 0.2) is 0 Å². The van der Waals surface area contributed by atoms with Crippen molar-refractivity contribution in [3.63, 3.8) is 0 Å². The van der Waals surface area contributed by atoms with Gasteiger partial charge in [-0.2, -0.15) is 0 Å². The van der Waals surface area contributed by atoms with Gasteiger partial charge in [0.1, 0.15) is 23.0 Å². The maximum atomic E-state index is 12.6. The quantitative estimate of drug-likeness (QED) is 0.0987. The van der Waals surface area contributed by atoms with E-state index in [-0.39, 0.29) is 0 Å². The van der Waals surface area contributed by atoms with Crippen LogP contribution in [0.5, 0.6) is 23.0 Å². The van der Waals surface area contributed by atoms with E-state index in [0.717, 1.165) is 31.4 Å². The zero-order chi connectivity index (χ0) is 27.7. The molecule has 0 unspecified atom stereocenters. The molecule has 0 bridgehead atoms. The SMILES string of the molecule is CCCCCCCCOc1ccc(OC(=O)c2ccc(OC(=O)c3cccc(OCCCCC)c3)cc2)cc1. The van der Waals surface area contributed by atoms with Crippen LogP contribution in [0.4, 0.5) is 0 Å². The minimum Gasteiger partial charge on any atom is -0.494 e. The van der Waals surface area contributed by atoms with Gasteiger partial charge in [0.05, 0.1) is 24.3 Å². The Bertz CT molecular complexity index is 1140. The lowest BCUT2D eigenvalue weighted by Crippen LogP contribution is -2.10. The van der Waals surface area contributed by atoms with Crippen LogP contribution in [0.15, 0.2) is 72.8 Å². The van der Waals surface area contributed by atoms with Gasteiger partial charge in [-0.1, -0.05) is 64.9 Å². The van der Waals surface area contributed by atoms with E-state index in [2.05, 4.69) is 13.8 Å². The smallest absolute Gasteiger partial charge is 0.343 e. The fraction of sp³-hybridized carbons (Fsp3) is 0.394. The van der Waals surface area contributed by atoms with E-state index < -0.39 is 11.9 Å². The predicted octanol–water partition coefficient (Wildman–Crippen LogP) is 8.43. The van der Waals surface area contributed by atoms with Crippen molar-refractivity contribution in [1.82, 2.24) is 0 Å². The molecular formula is C33H40O6. The summed E-state index contributed by atoms with van der Waals surface area (Å²) in [7, 11) is 0. The highest BCUT2D eigenvalue weighted by molar-refractivity contribution is 5.92. The first-order valence-corrected chi connectivity index (χ1v) is 14.1. The van der Waals surface area contributed by atoms with Crippen LogP contribution in [0.25, 0.3) is 0 Å². The number of carbonyl (C=O) groups is 2. The largest absolute Gasteiger partial charge is 0.494 e. The molecule has 0 amide bonds. The molecule has 39 heavy (non-hydrogen) atoms. The van der Waals surface area contributed by atoms with Gasteiger partial charge in [0, 0.05) is 0 Å². The summed E-state index contributed by atoms with van der Waals surface area (Å²) in [5.41, 5.74) is 0.742. The fourth-order valence-corrected chi connectivity index (χ4v) is 3.92. The van der Waals surface area contributed by atoms with Gasteiger partial charge in [-0.3, -0.25) is 0 Å². The molecule has 3 aromatic carbocycles. The van der Waals surface area contributed by atoms with Crippen molar-refractivity contribution in [1.29, 1.82) is 0 Å². The van der Waals surface area contributed by atoms with Crippen molar-refractivity contribution >= 4 is 11.9 Å². The number of rotatable bonds is 17. The van der Waals surface area contributed by atoms with Gasteiger partial charge in [0.25, 0.3) is 0 Å². The van der Waals surface area contributed by atoms with Crippen molar-refractivity contribution in [2.75, 3.05) is 13.2 Å². The number of benzene rings is 3. The lowest BCUT2D eigenvalue weighted by atomic mass is 10.1. The van der Waals surface area contributed by atoms with E-state index >= 15 is 0 Å². The van der Waals surface area contributed by atoms with Crippen LogP contribution in [0.1, 0.15) is 92.4 Å². The normalized spacial score (nSPS) is 10.6. The van der Waals surface area contributed by atoms with E-state index in [1.165, 1.54) is 32.1 Å². The van der Waals surface area contributed by atoms with Gasteiger partial charge in [-0.15, -0.1) is 0 Å². The van der Waals surface area contributed by atoms with Crippen molar-refractivity contribution in [2.45, 2.75) is 71.6 Å². The molecule has 208 valence electrons. The summed E-state index contributed by atoms with van der Waals surface area (Å²) in [5.74, 6) is 1.15. The Labute approximate surface area is 232 Å². The molecule has 0 aliphatic heterocycles. The topological polar surface area (TPSA) is 71.1 Å².